The molecular weight excluding hydrogens is 667 g/mol. The Balaban J connectivity index is 1.27. The first-order chi connectivity index (χ1) is 26.2. The van der Waals surface area contributed by atoms with Crippen molar-refractivity contribution in [1.29, 1.82) is 5.26 Å². The molecule has 53 heavy (non-hydrogen) atoms. The summed E-state index contributed by atoms with van der Waals surface area (Å²) in [5.41, 5.74) is 10.3. The molecule has 6 heteroatoms. The van der Waals surface area contributed by atoms with Gasteiger partial charge < -0.3 is 4.90 Å². The monoisotopic (exact) mass is 695 g/mol. The summed E-state index contributed by atoms with van der Waals surface area (Å²) in [6.07, 6.45) is 0. The first kappa shape index (κ1) is 31.0. The summed E-state index contributed by atoms with van der Waals surface area (Å²) >= 11 is 1.83. The fourth-order valence-electron chi connectivity index (χ4n) is 7.98. The number of aromatic nitrogens is 3. The van der Waals surface area contributed by atoms with E-state index in [0.29, 0.717) is 23.0 Å². The van der Waals surface area contributed by atoms with Gasteiger partial charge in [-0.1, -0.05) is 145 Å². The molecule has 0 saturated heterocycles. The maximum Gasteiger partial charge on any atom is 0.166 e. The van der Waals surface area contributed by atoms with Crippen molar-refractivity contribution in [3.63, 3.8) is 0 Å². The number of nitriles is 1. The summed E-state index contributed by atoms with van der Waals surface area (Å²) in [6.45, 7) is 0. The lowest BCUT2D eigenvalue weighted by Crippen LogP contribution is -2.39. The summed E-state index contributed by atoms with van der Waals surface area (Å²) < 4.78 is 0. The predicted molar refractivity (Wildman–Crippen MR) is 212 cm³/mol. The molecule has 1 aromatic heterocycles. The Morgan fingerprint density at radius 1 is 0.453 bits per heavy atom. The number of fused-ring (bicyclic) bond motifs is 8. The van der Waals surface area contributed by atoms with Gasteiger partial charge in [-0.2, -0.15) is 5.26 Å². The van der Waals surface area contributed by atoms with Crippen LogP contribution in [0.2, 0.25) is 0 Å². The quantitative estimate of drug-likeness (QED) is 0.183. The van der Waals surface area contributed by atoms with Crippen LogP contribution in [0.25, 0.3) is 34.2 Å². The first-order valence-electron chi connectivity index (χ1n) is 17.5. The van der Waals surface area contributed by atoms with Crippen LogP contribution in [0, 0.1) is 11.3 Å². The van der Waals surface area contributed by atoms with E-state index in [1.807, 2.05) is 90.6 Å². The highest BCUT2D eigenvalue weighted by Crippen LogP contribution is 2.63. The van der Waals surface area contributed by atoms with E-state index in [-0.39, 0.29) is 0 Å². The van der Waals surface area contributed by atoms with Gasteiger partial charge in [0.2, 0.25) is 0 Å². The minimum atomic E-state index is -0.580. The topological polar surface area (TPSA) is 65.7 Å². The molecule has 0 N–H and O–H groups in total. The standard InChI is InChI=1S/C47H29N5S/c48-30-31-27-28-34(46-50-44(32-15-3-1-4-16-32)49-45(51-46)33-17-5-2-6-18-33)41(29-31)52-39-23-11-7-19-35(39)47(36-20-8-12-24-40(36)52)37-21-9-13-25-42(37)53-43-26-14-10-22-38(43)47/h1-29H. The third kappa shape index (κ3) is 4.82. The minimum Gasteiger partial charge on any atom is -0.309 e. The Bertz CT molecular complexity index is 2590. The van der Waals surface area contributed by atoms with Crippen LogP contribution in [-0.4, -0.2) is 15.0 Å². The summed E-state index contributed by atoms with van der Waals surface area (Å²) in [6, 6.07) is 63.2. The van der Waals surface area contributed by atoms with E-state index in [4.69, 9.17) is 15.0 Å². The van der Waals surface area contributed by atoms with E-state index < -0.39 is 5.41 Å². The van der Waals surface area contributed by atoms with E-state index in [0.717, 1.165) is 44.9 Å². The third-order valence-corrected chi connectivity index (χ3v) is 11.4. The van der Waals surface area contributed by atoms with Crippen LogP contribution in [0.1, 0.15) is 27.8 Å². The van der Waals surface area contributed by atoms with Gasteiger partial charge in [0.25, 0.3) is 0 Å². The van der Waals surface area contributed by atoms with Crippen molar-refractivity contribution in [1.82, 2.24) is 15.0 Å². The molecule has 7 aromatic carbocycles. The van der Waals surface area contributed by atoms with Gasteiger partial charge in [-0.05, 0) is 64.7 Å². The zero-order chi connectivity index (χ0) is 35.4. The molecule has 0 atom stereocenters. The molecule has 5 nitrogen and oxygen atoms in total. The maximum atomic E-state index is 10.3. The van der Waals surface area contributed by atoms with Gasteiger partial charge in [0.15, 0.2) is 17.5 Å². The minimum absolute atomic E-state index is 0.525. The van der Waals surface area contributed by atoms with Crippen LogP contribution in [0.15, 0.2) is 186 Å². The van der Waals surface area contributed by atoms with Gasteiger partial charge in [-0.15, -0.1) is 0 Å². The number of hydrogen-bond acceptors (Lipinski definition) is 6. The summed E-state index contributed by atoms with van der Waals surface area (Å²) in [5, 5.41) is 10.3. The molecule has 10 rings (SSSR count). The van der Waals surface area contributed by atoms with Gasteiger partial charge in [0.1, 0.15) is 0 Å². The lowest BCUT2D eigenvalue weighted by atomic mass is 9.62. The molecule has 0 aliphatic carbocycles. The molecule has 1 spiro atoms. The van der Waals surface area contributed by atoms with Gasteiger partial charge >= 0.3 is 0 Å². The zero-order valence-electron chi connectivity index (χ0n) is 28.4. The lowest BCUT2D eigenvalue weighted by Gasteiger charge is -2.49. The second-order valence-electron chi connectivity index (χ2n) is 13.1. The van der Waals surface area contributed by atoms with E-state index >= 15 is 0 Å². The fraction of sp³-hybridized carbons (Fsp3) is 0.0213. The van der Waals surface area contributed by atoms with Crippen molar-refractivity contribution in [3.05, 3.63) is 204 Å². The van der Waals surface area contributed by atoms with Crippen molar-refractivity contribution < 1.29 is 0 Å². The van der Waals surface area contributed by atoms with Gasteiger partial charge in [0, 0.05) is 26.5 Å². The lowest BCUT2D eigenvalue weighted by molar-refractivity contribution is 0.692. The molecule has 0 radical (unpaired) electrons. The number of benzene rings is 7. The smallest absolute Gasteiger partial charge is 0.166 e. The van der Waals surface area contributed by atoms with E-state index in [9.17, 15) is 5.26 Å². The average Bonchev–Trinajstić information content (AvgIpc) is 3.24. The highest BCUT2D eigenvalue weighted by molar-refractivity contribution is 7.99. The third-order valence-electron chi connectivity index (χ3n) is 10.2. The summed E-state index contributed by atoms with van der Waals surface area (Å²) in [5.74, 6) is 1.68. The molecule has 0 bridgehead atoms. The normalized spacial score (nSPS) is 13.3. The SMILES string of the molecule is N#Cc1ccc(-c2nc(-c3ccccc3)nc(-c3ccccc3)n2)c(N2c3ccccc3C3(c4ccccc4Sc4ccccc43)c3ccccc32)c1. The number of nitrogens with zero attached hydrogens (tertiary/aromatic N) is 5. The second-order valence-corrected chi connectivity index (χ2v) is 14.2. The van der Waals surface area contributed by atoms with Gasteiger partial charge in [0.05, 0.1) is 34.1 Å². The van der Waals surface area contributed by atoms with E-state index in [1.54, 1.807) is 0 Å². The van der Waals surface area contributed by atoms with Crippen LogP contribution < -0.4 is 4.90 Å². The molecule has 248 valence electrons. The molecule has 0 unspecified atom stereocenters. The molecular formula is C47H29N5S. The molecule has 2 aliphatic heterocycles. The second kappa shape index (κ2) is 12.4. The van der Waals surface area contributed by atoms with Gasteiger partial charge in [-0.3, -0.25) is 0 Å². The van der Waals surface area contributed by atoms with Crippen LogP contribution in [0.5, 0.6) is 0 Å². The highest BCUT2D eigenvalue weighted by Gasteiger charge is 2.50. The molecule has 3 heterocycles. The molecule has 2 aliphatic rings. The first-order valence-corrected chi connectivity index (χ1v) is 18.3. The highest BCUT2D eigenvalue weighted by atomic mass is 32.2. The predicted octanol–water partition coefficient (Wildman–Crippen LogP) is 11.4. The number of hydrogen-bond donors (Lipinski definition) is 0. The van der Waals surface area contributed by atoms with Crippen LogP contribution in [0.4, 0.5) is 17.1 Å². The van der Waals surface area contributed by atoms with Crippen LogP contribution in [-0.2, 0) is 5.41 Å². The Labute approximate surface area is 311 Å². The van der Waals surface area contributed by atoms with E-state index in [2.05, 4.69) is 108 Å². The molecule has 0 amide bonds. The number of anilines is 3. The van der Waals surface area contributed by atoms with Crippen LogP contribution >= 0.6 is 11.8 Å². The van der Waals surface area contributed by atoms with Crippen molar-refractivity contribution in [3.8, 4) is 40.2 Å². The van der Waals surface area contributed by atoms with Crippen molar-refractivity contribution in [2.45, 2.75) is 15.2 Å². The summed E-state index contributed by atoms with van der Waals surface area (Å²) in [7, 11) is 0. The van der Waals surface area contributed by atoms with E-state index in [1.165, 1.54) is 20.9 Å². The summed E-state index contributed by atoms with van der Waals surface area (Å²) in [4.78, 5) is 20.0. The Morgan fingerprint density at radius 2 is 0.906 bits per heavy atom. The molecule has 0 saturated carbocycles. The molecule has 0 fully saturated rings. The van der Waals surface area contributed by atoms with Crippen molar-refractivity contribution in [2.75, 3.05) is 4.90 Å². The average molecular weight is 696 g/mol. The Kier molecular flexibility index (Phi) is 7.27. The van der Waals surface area contributed by atoms with Gasteiger partial charge in [-0.25, -0.2) is 15.0 Å². The van der Waals surface area contributed by atoms with Crippen molar-refractivity contribution in [2.24, 2.45) is 0 Å². The fourth-order valence-corrected chi connectivity index (χ4v) is 9.18. The molecule has 8 aromatic rings. The zero-order valence-corrected chi connectivity index (χ0v) is 29.2. The Hall–Kier alpha value is -6.81. The largest absolute Gasteiger partial charge is 0.309 e. The maximum absolute atomic E-state index is 10.3. The number of para-hydroxylation sites is 2. The van der Waals surface area contributed by atoms with Crippen molar-refractivity contribution >= 4 is 28.8 Å². The van der Waals surface area contributed by atoms with Crippen LogP contribution in [0.3, 0.4) is 0 Å². The Morgan fingerprint density at radius 3 is 1.43 bits per heavy atom. The number of rotatable bonds is 4.